The van der Waals surface area contributed by atoms with E-state index in [2.05, 4.69) is 10.2 Å². The van der Waals surface area contributed by atoms with Crippen molar-refractivity contribution < 1.29 is 18.0 Å². The van der Waals surface area contributed by atoms with Gasteiger partial charge in [0.05, 0.1) is 24.0 Å². The smallest absolute Gasteiger partial charge is 0.337 e. The van der Waals surface area contributed by atoms with Crippen LogP contribution in [0.5, 0.6) is 0 Å². The summed E-state index contributed by atoms with van der Waals surface area (Å²) in [6.45, 7) is 0. The number of alkyl halides is 3. The van der Waals surface area contributed by atoms with E-state index in [1.54, 1.807) is 17.2 Å². The molecule has 1 aromatic heterocycles. The average Bonchev–Trinajstić information content (AvgIpc) is 3.26. The van der Waals surface area contributed by atoms with E-state index in [4.69, 9.17) is 0 Å². The van der Waals surface area contributed by atoms with Crippen LogP contribution in [0.4, 0.5) is 13.2 Å². The first-order valence-corrected chi connectivity index (χ1v) is 9.25. The summed E-state index contributed by atoms with van der Waals surface area (Å²) < 4.78 is 37.9. The molecule has 144 valence electrons. The third-order valence-electron chi connectivity index (χ3n) is 5.67. The monoisotopic (exact) mass is 378 g/mol. The maximum Gasteiger partial charge on any atom is 0.416 e. The van der Waals surface area contributed by atoms with Crippen LogP contribution in [-0.2, 0) is 17.4 Å². The number of hydrogen-bond donors (Lipinski definition) is 0. The van der Waals surface area contributed by atoms with Gasteiger partial charge in [0.15, 0.2) is 0 Å². The number of fused-ring (bicyclic) bond motifs is 2. The van der Waals surface area contributed by atoms with Crippen LogP contribution >= 0.6 is 0 Å². The number of nitrogens with zero attached hydrogens (tertiary/aromatic N) is 4. The van der Waals surface area contributed by atoms with E-state index < -0.39 is 11.7 Å². The van der Waals surface area contributed by atoms with Gasteiger partial charge in [-0.05, 0) is 49.8 Å². The SMILES string of the molecule is O=C(CCc1ccc(C(F)(F)F)cc1)N1[C@H]2CC[C@H]1CC(n1nccn1)C2. The molecule has 3 heterocycles. The minimum Gasteiger partial charge on any atom is -0.337 e. The molecule has 1 amide bonds. The van der Waals surface area contributed by atoms with Gasteiger partial charge in [-0.2, -0.15) is 28.2 Å². The van der Waals surface area contributed by atoms with E-state index in [1.165, 1.54) is 12.1 Å². The molecular weight excluding hydrogens is 357 g/mol. The Hall–Kier alpha value is -2.38. The quantitative estimate of drug-likeness (QED) is 0.817. The van der Waals surface area contributed by atoms with Gasteiger partial charge in [-0.1, -0.05) is 12.1 Å². The number of aromatic nitrogens is 3. The predicted molar refractivity (Wildman–Crippen MR) is 91.7 cm³/mol. The zero-order valence-electron chi connectivity index (χ0n) is 14.8. The molecule has 2 atom stereocenters. The summed E-state index contributed by atoms with van der Waals surface area (Å²) in [5.74, 6) is 0.0919. The van der Waals surface area contributed by atoms with Crippen LogP contribution in [0, 0.1) is 0 Å². The molecule has 0 unspecified atom stereocenters. The summed E-state index contributed by atoms with van der Waals surface area (Å²) in [6, 6.07) is 5.72. The van der Waals surface area contributed by atoms with Crippen LogP contribution in [0.15, 0.2) is 36.7 Å². The first-order valence-electron chi connectivity index (χ1n) is 9.25. The molecule has 0 saturated carbocycles. The minimum atomic E-state index is -4.33. The topological polar surface area (TPSA) is 51.0 Å². The van der Waals surface area contributed by atoms with Gasteiger partial charge in [0, 0.05) is 18.5 Å². The second kappa shape index (κ2) is 6.98. The lowest BCUT2D eigenvalue weighted by atomic mass is 9.96. The Labute approximate surface area is 155 Å². The lowest BCUT2D eigenvalue weighted by Crippen LogP contribution is -2.47. The highest BCUT2D eigenvalue weighted by Crippen LogP contribution is 2.40. The van der Waals surface area contributed by atoms with Gasteiger partial charge in [0.25, 0.3) is 0 Å². The summed E-state index contributed by atoms with van der Waals surface area (Å²) in [4.78, 5) is 16.5. The highest BCUT2D eigenvalue weighted by Gasteiger charge is 2.43. The van der Waals surface area contributed by atoms with Crippen molar-refractivity contribution in [2.75, 3.05) is 0 Å². The molecule has 0 aliphatic carbocycles. The van der Waals surface area contributed by atoms with Crippen LogP contribution in [0.25, 0.3) is 0 Å². The van der Waals surface area contributed by atoms with Crippen LogP contribution in [0.1, 0.15) is 49.3 Å². The fourth-order valence-corrected chi connectivity index (χ4v) is 4.40. The van der Waals surface area contributed by atoms with Crippen molar-refractivity contribution in [2.45, 2.75) is 62.8 Å². The van der Waals surface area contributed by atoms with Gasteiger partial charge in [0.2, 0.25) is 5.91 Å². The molecule has 8 heteroatoms. The third kappa shape index (κ3) is 3.70. The van der Waals surface area contributed by atoms with Gasteiger partial charge in [0.1, 0.15) is 0 Å². The maximum absolute atomic E-state index is 12.8. The summed E-state index contributed by atoms with van der Waals surface area (Å²) in [6.07, 6.45) is 3.49. The lowest BCUT2D eigenvalue weighted by Gasteiger charge is -2.38. The molecule has 2 aliphatic heterocycles. The number of carbonyl (C=O) groups is 1. The Bertz CT molecular complexity index is 774. The second-order valence-corrected chi connectivity index (χ2v) is 7.36. The number of amides is 1. The predicted octanol–water partition coefficient (Wildman–Crippen LogP) is 3.62. The van der Waals surface area contributed by atoms with Crippen LogP contribution < -0.4 is 0 Å². The number of piperidine rings is 1. The van der Waals surface area contributed by atoms with Gasteiger partial charge in [-0.15, -0.1) is 0 Å². The molecule has 0 spiro atoms. The first kappa shape index (κ1) is 18.0. The van der Waals surface area contributed by atoms with Crippen molar-refractivity contribution >= 4 is 5.91 Å². The van der Waals surface area contributed by atoms with E-state index in [-0.39, 0.29) is 24.0 Å². The fourth-order valence-electron chi connectivity index (χ4n) is 4.40. The van der Waals surface area contributed by atoms with Crippen molar-refractivity contribution in [1.29, 1.82) is 0 Å². The molecule has 2 fully saturated rings. The highest BCUT2D eigenvalue weighted by molar-refractivity contribution is 5.77. The van der Waals surface area contributed by atoms with Crippen LogP contribution in [0.2, 0.25) is 0 Å². The zero-order valence-corrected chi connectivity index (χ0v) is 14.8. The molecule has 5 nitrogen and oxygen atoms in total. The van der Waals surface area contributed by atoms with E-state index in [0.29, 0.717) is 12.8 Å². The van der Waals surface area contributed by atoms with Crippen molar-refractivity contribution in [3.8, 4) is 0 Å². The lowest BCUT2D eigenvalue weighted by molar-refractivity contribution is -0.138. The average molecular weight is 378 g/mol. The molecule has 4 rings (SSSR count). The largest absolute Gasteiger partial charge is 0.416 e. The molecule has 27 heavy (non-hydrogen) atoms. The normalized spacial score (nSPS) is 25.0. The van der Waals surface area contributed by atoms with Gasteiger partial charge >= 0.3 is 6.18 Å². The third-order valence-corrected chi connectivity index (χ3v) is 5.67. The molecule has 0 N–H and O–H groups in total. The van der Waals surface area contributed by atoms with Gasteiger partial charge < -0.3 is 4.90 Å². The number of aryl methyl sites for hydroxylation is 1. The number of hydrogen-bond acceptors (Lipinski definition) is 3. The first-order chi connectivity index (χ1) is 12.9. The van der Waals surface area contributed by atoms with Crippen molar-refractivity contribution in [2.24, 2.45) is 0 Å². The number of carbonyl (C=O) groups excluding carboxylic acids is 1. The molecule has 0 radical (unpaired) electrons. The number of halogens is 3. The number of benzene rings is 1. The second-order valence-electron chi connectivity index (χ2n) is 7.36. The van der Waals surface area contributed by atoms with Gasteiger partial charge in [-0.25, -0.2) is 0 Å². The Kier molecular flexibility index (Phi) is 4.65. The van der Waals surface area contributed by atoms with E-state index in [1.807, 2.05) is 4.90 Å². The summed E-state index contributed by atoms with van der Waals surface area (Å²) in [5.41, 5.74) is 0.0873. The number of rotatable bonds is 4. The summed E-state index contributed by atoms with van der Waals surface area (Å²) in [7, 11) is 0. The molecule has 2 aromatic rings. The molecule has 2 aliphatic rings. The maximum atomic E-state index is 12.8. The van der Waals surface area contributed by atoms with Crippen molar-refractivity contribution in [1.82, 2.24) is 19.9 Å². The van der Waals surface area contributed by atoms with Crippen molar-refractivity contribution in [3.63, 3.8) is 0 Å². The van der Waals surface area contributed by atoms with E-state index in [0.717, 1.165) is 43.4 Å². The standard InChI is InChI=1S/C19H21F3N4O/c20-19(21,22)14-4-1-13(2-5-14)3-8-18(27)25-15-6-7-16(25)12-17(11-15)26-23-9-10-24-26/h1-2,4-5,9-10,15-17H,3,6-8,11-12H2/t15-,16-/m0/s1. The molecule has 2 bridgehead atoms. The van der Waals surface area contributed by atoms with Crippen LogP contribution in [-0.4, -0.2) is 37.9 Å². The molecule has 1 aromatic carbocycles. The summed E-state index contributed by atoms with van der Waals surface area (Å²) >= 11 is 0. The summed E-state index contributed by atoms with van der Waals surface area (Å²) in [5, 5.41) is 8.46. The van der Waals surface area contributed by atoms with E-state index >= 15 is 0 Å². The molecule has 2 saturated heterocycles. The Morgan fingerprint density at radius 2 is 1.59 bits per heavy atom. The zero-order chi connectivity index (χ0) is 19.0. The van der Waals surface area contributed by atoms with Gasteiger partial charge in [-0.3, -0.25) is 4.79 Å². The van der Waals surface area contributed by atoms with E-state index in [9.17, 15) is 18.0 Å². The Morgan fingerprint density at radius 3 is 2.15 bits per heavy atom. The fraction of sp³-hybridized carbons (Fsp3) is 0.526. The highest BCUT2D eigenvalue weighted by atomic mass is 19.4. The minimum absolute atomic E-state index is 0.0919. The Balaban J connectivity index is 1.35. The van der Waals surface area contributed by atoms with Crippen LogP contribution in [0.3, 0.4) is 0 Å². The Morgan fingerprint density at radius 1 is 1.00 bits per heavy atom. The molecular formula is C19H21F3N4O. The van der Waals surface area contributed by atoms with Crippen molar-refractivity contribution in [3.05, 3.63) is 47.8 Å².